The third kappa shape index (κ3) is 3.73. The summed E-state index contributed by atoms with van der Waals surface area (Å²) in [4.78, 5) is 14.1. The molecule has 0 saturated carbocycles. The maximum absolute atomic E-state index is 14.0. The van der Waals surface area contributed by atoms with Crippen molar-refractivity contribution in [3.63, 3.8) is 0 Å². The fraction of sp³-hybridized carbons (Fsp3) is 0.318. The Labute approximate surface area is 174 Å². The van der Waals surface area contributed by atoms with Crippen LogP contribution in [0.25, 0.3) is 11.0 Å². The zero-order valence-electron chi connectivity index (χ0n) is 16.9. The Morgan fingerprint density at radius 3 is 2.43 bits per heavy atom. The molecule has 6 nitrogen and oxygen atoms in total. The number of benzene rings is 2. The van der Waals surface area contributed by atoms with Gasteiger partial charge >= 0.3 is 0 Å². The summed E-state index contributed by atoms with van der Waals surface area (Å²) in [7, 11) is -3.92. The lowest BCUT2D eigenvalue weighted by molar-refractivity contribution is -0.131. The van der Waals surface area contributed by atoms with Crippen LogP contribution in [0.15, 0.2) is 52.0 Å². The number of rotatable bonds is 4. The van der Waals surface area contributed by atoms with Gasteiger partial charge in [-0.3, -0.25) is 4.79 Å². The third-order valence-electron chi connectivity index (χ3n) is 5.66. The van der Waals surface area contributed by atoms with Gasteiger partial charge in [-0.15, -0.1) is 0 Å². The molecular formula is C22H23FN2O4S. The minimum atomic E-state index is -3.92. The van der Waals surface area contributed by atoms with Gasteiger partial charge in [-0.1, -0.05) is 12.1 Å². The molecule has 0 aliphatic carbocycles. The van der Waals surface area contributed by atoms with Gasteiger partial charge in [0.15, 0.2) is 0 Å². The van der Waals surface area contributed by atoms with E-state index in [1.165, 1.54) is 22.5 Å². The number of hydrogen-bond acceptors (Lipinski definition) is 4. The lowest BCUT2D eigenvalue weighted by Gasteiger charge is -2.34. The lowest BCUT2D eigenvalue weighted by atomic mass is 10.0. The number of hydrogen-bond donors (Lipinski definition) is 0. The maximum Gasteiger partial charge on any atom is 0.246 e. The van der Waals surface area contributed by atoms with Gasteiger partial charge in [0.1, 0.15) is 16.3 Å². The summed E-state index contributed by atoms with van der Waals surface area (Å²) in [6.45, 7) is 4.82. The Hall–Kier alpha value is -2.71. The summed E-state index contributed by atoms with van der Waals surface area (Å²) >= 11 is 0. The van der Waals surface area contributed by atoms with E-state index in [1.54, 1.807) is 11.2 Å². The van der Waals surface area contributed by atoms with Crippen LogP contribution in [-0.2, 0) is 21.2 Å². The van der Waals surface area contributed by atoms with E-state index in [0.29, 0.717) is 0 Å². The molecule has 158 valence electrons. The van der Waals surface area contributed by atoms with Gasteiger partial charge in [0, 0.05) is 37.1 Å². The number of sulfonamides is 1. The average molecular weight is 431 g/mol. The Balaban J connectivity index is 1.44. The van der Waals surface area contributed by atoms with Crippen molar-refractivity contribution in [1.29, 1.82) is 0 Å². The van der Waals surface area contributed by atoms with E-state index in [-0.39, 0.29) is 43.4 Å². The molecule has 3 aromatic rings. The third-order valence-corrected chi connectivity index (χ3v) is 7.59. The molecule has 4 rings (SSSR count). The molecule has 1 aromatic heterocycles. The van der Waals surface area contributed by atoms with Gasteiger partial charge in [0.2, 0.25) is 15.9 Å². The van der Waals surface area contributed by atoms with Gasteiger partial charge in [-0.05, 0) is 49.2 Å². The van der Waals surface area contributed by atoms with Gasteiger partial charge < -0.3 is 9.32 Å². The summed E-state index contributed by atoms with van der Waals surface area (Å²) in [5, 5.41) is 0.923. The van der Waals surface area contributed by atoms with Crippen molar-refractivity contribution in [3.8, 4) is 0 Å². The second-order valence-corrected chi connectivity index (χ2v) is 9.49. The highest BCUT2D eigenvalue weighted by atomic mass is 32.2. The summed E-state index contributed by atoms with van der Waals surface area (Å²) in [6.07, 6.45) is 1.80. The van der Waals surface area contributed by atoms with Gasteiger partial charge in [0.05, 0.1) is 12.7 Å². The largest absolute Gasteiger partial charge is 0.464 e. The first-order valence-electron chi connectivity index (χ1n) is 9.77. The van der Waals surface area contributed by atoms with E-state index in [4.69, 9.17) is 4.42 Å². The predicted molar refractivity (Wildman–Crippen MR) is 111 cm³/mol. The first-order chi connectivity index (χ1) is 14.3. The molecule has 0 atom stereocenters. The summed E-state index contributed by atoms with van der Waals surface area (Å²) in [5.41, 5.74) is 3.83. The van der Waals surface area contributed by atoms with Crippen LogP contribution < -0.4 is 0 Å². The first-order valence-corrected chi connectivity index (χ1v) is 11.2. The number of halogens is 1. The zero-order valence-corrected chi connectivity index (χ0v) is 17.7. The number of aryl methyl sites for hydroxylation is 2. The second-order valence-electron chi connectivity index (χ2n) is 7.59. The molecule has 0 unspecified atom stereocenters. The zero-order chi connectivity index (χ0) is 21.5. The monoisotopic (exact) mass is 430 g/mol. The predicted octanol–water partition coefficient (Wildman–Crippen LogP) is 3.26. The van der Waals surface area contributed by atoms with Crippen molar-refractivity contribution in [3.05, 3.63) is 65.2 Å². The van der Waals surface area contributed by atoms with Crippen molar-refractivity contribution >= 4 is 26.9 Å². The molecule has 2 heterocycles. The van der Waals surface area contributed by atoms with Crippen molar-refractivity contribution < 1.29 is 22.0 Å². The van der Waals surface area contributed by atoms with Crippen molar-refractivity contribution in [1.82, 2.24) is 9.21 Å². The number of amides is 1. The maximum atomic E-state index is 14.0. The smallest absolute Gasteiger partial charge is 0.246 e. The Bertz CT molecular complexity index is 1210. The number of furan rings is 1. The van der Waals surface area contributed by atoms with Crippen LogP contribution in [0.5, 0.6) is 0 Å². The Kier molecular flexibility index (Phi) is 5.38. The molecule has 1 saturated heterocycles. The van der Waals surface area contributed by atoms with Crippen LogP contribution in [0, 0.1) is 19.7 Å². The summed E-state index contributed by atoms with van der Waals surface area (Å²) in [6, 6.07) is 9.32. The number of carbonyl (C=O) groups excluding carboxylic acids is 1. The highest BCUT2D eigenvalue weighted by Crippen LogP contribution is 2.26. The second kappa shape index (κ2) is 7.85. The van der Waals surface area contributed by atoms with Gasteiger partial charge in [-0.2, -0.15) is 4.31 Å². The normalized spacial score (nSPS) is 15.6. The molecule has 1 aliphatic heterocycles. The standard InChI is InChI=1S/C22H23FN2O4S/c1-15-11-18-17(14-29-20(18)12-16(15)2)13-22(26)24-7-9-25(10-8-24)30(27,28)21-6-4-3-5-19(21)23/h3-6,11-12,14H,7-10,13H2,1-2H3. The van der Waals surface area contributed by atoms with E-state index in [1.807, 2.05) is 26.0 Å². The fourth-order valence-electron chi connectivity index (χ4n) is 3.72. The van der Waals surface area contributed by atoms with Crippen LogP contribution >= 0.6 is 0 Å². The molecular weight excluding hydrogens is 407 g/mol. The van der Waals surface area contributed by atoms with Crippen molar-refractivity contribution in [2.75, 3.05) is 26.2 Å². The quantitative estimate of drug-likeness (QED) is 0.637. The van der Waals surface area contributed by atoms with E-state index < -0.39 is 15.8 Å². The van der Waals surface area contributed by atoms with E-state index in [9.17, 15) is 17.6 Å². The van der Waals surface area contributed by atoms with Crippen LogP contribution in [0.1, 0.15) is 16.7 Å². The van der Waals surface area contributed by atoms with Crippen LogP contribution in [0.4, 0.5) is 4.39 Å². The lowest BCUT2D eigenvalue weighted by Crippen LogP contribution is -2.51. The average Bonchev–Trinajstić information content (AvgIpc) is 3.10. The van der Waals surface area contributed by atoms with E-state index in [2.05, 4.69) is 0 Å². The first kappa shape index (κ1) is 20.6. The van der Waals surface area contributed by atoms with E-state index in [0.717, 1.165) is 33.7 Å². The van der Waals surface area contributed by atoms with Gasteiger partial charge in [0.25, 0.3) is 0 Å². The number of fused-ring (bicyclic) bond motifs is 1. The topological polar surface area (TPSA) is 70.8 Å². The minimum absolute atomic E-state index is 0.0844. The molecule has 0 spiro atoms. The molecule has 0 N–H and O–H groups in total. The van der Waals surface area contributed by atoms with Crippen molar-refractivity contribution in [2.24, 2.45) is 0 Å². The molecule has 0 radical (unpaired) electrons. The SMILES string of the molecule is Cc1cc2occ(CC(=O)N3CCN(S(=O)(=O)c4ccccc4F)CC3)c2cc1C. The molecule has 0 bridgehead atoms. The molecule has 1 fully saturated rings. The highest BCUT2D eigenvalue weighted by Gasteiger charge is 2.31. The van der Waals surface area contributed by atoms with E-state index >= 15 is 0 Å². The summed E-state index contributed by atoms with van der Waals surface area (Å²) < 4.78 is 46.2. The molecule has 2 aromatic carbocycles. The Morgan fingerprint density at radius 1 is 1.07 bits per heavy atom. The molecule has 1 amide bonds. The van der Waals surface area contributed by atoms with Crippen LogP contribution in [0.2, 0.25) is 0 Å². The van der Waals surface area contributed by atoms with Crippen LogP contribution in [-0.4, -0.2) is 49.7 Å². The Morgan fingerprint density at radius 2 is 1.73 bits per heavy atom. The number of nitrogens with zero attached hydrogens (tertiary/aromatic N) is 2. The van der Waals surface area contributed by atoms with Crippen LogP contribution in [0.3, 0.4) is 0 Å². The molecule has 8 heteroatoms. The number of carbonyl (C=O) groups is 1. The minimum Gasteiger partial charge on any atom is -0.464 e. The van der Waals surface area contributed by atoms with Gasteiger partial charge in [-0.25, -0.2) is 12.8 Å². The number of piperazine rings is 1. The molecule has 30 heavy (non-hydrogen) atoms. The molecule has 1 aliphatic rings. The summed E-state index contributed by atoms with van der Waals surface area (Å²) in [5.74, 6) is -0.854. The fourth-order valence-corrected chi connectivity index (χ4v) is 5.21. The highest BCUT2D eigenvalue weighted by molar-refractivity contribution is 7.89. The van der Waals surface area contributed by atoms with Crippen molar-refractivity contribution in [2.45, 2.75) is 25.2 Å².